The van der Waals surface area contributed by atoms with Crippen molar-refractivity contribution < 1.29 is 19.4 Å². The smallest absolute Gasteiger partial charge is 0.305 e. The van der Waals surface area contributed by atoms with Crippen molar-refractivity contribution in [2.24, 2.45) is 0 Å². The second kappa shape index (κ2) is 9.81. The quantitative estimate of drug-likeness (QED) is 0.500. The Hall–Kier alpha value is -3.09. The molecule has 0 radical (unpaired) electrons. The molecule has 0 saturated carbocycles. The molecule has 1 aromatic heterocycles. The number of hydrogen-bond donors (Lipinski definition) is 2. The summed E-state index contributed by atoms with van der Waals surface area (Å²) in [6, 6.07) is 14.7. The van der Waals surface area contributed by atoms with Crippen LogP contribution in [-0.4, -0.2) is 29.1 Å². The first kappa shape index (κ1) is 22.6. The molecule has 1 atom stereocenters. The van der Waals surface area contributed by atoms with Crippen molar-refractivity contribution in [3.05, 3.63) is 81.5 Å². The van der Waals surface area contributed by atoms with Crippen molar-refractivity contribution in [3.8, 4) is 17.0 Å². The van der Waals surface area contributed by atoms with E-state index in [1.54, 1.807) is 36.4 Å². The monoisotopic (exact) mass is 458 g/mol. The number of aromatic nitrogens is 1. The standard InChI is InChI=1S/C23H20Cl2N2O4/c1-13-5-3-4-6-15(13)19(12-21(28)29)27-23(30)18-9-10-20(31-2)22(26-18)16-8-7-14(24)11-17(16)25/h3-11,19H,12H2,1-2H3,(H,27,30)(H,28,29). The minimum atomic E-state index is -1.02. The molecule has 2 aromatic carbocycles. The molecule has 6 nitrogen and oxygen atoms in total. The van der Waals surface area contributed by atoms with Crippen LogP contribution in [0.3, 0.4) is 0 Å². The van der Waals surface area contributed by atoms with E-state index >= 15 is 0 Å². The van der Waals surface area contributed by atoms with Crippen LogP contribution in [0.25, 0.3) is 11.3 Å². The zero-order chi connectivity index (χ0) is 22.5. The van der Waals surface area contributed by atoms with E-state index in [4.69, 9.17) is 27.9 Å². The highest BCUT2D eigenvalue weighted by atomic mass is 35.5. The summed E-state index contributed by atoms with van der Waals surface area (Å²) in [7, 11) is 1.49. The molecule has 0 aliphatic heterocycles. The normalized spacial score (nSPS) is 11.6. The number of nitrogens with one attached hydrogen (secondary N) is 1. The zero-order valence-corrected chi connectivity index (χ0v) is 18.4. The first-order chi connectivity index (χ1) is 14.8. The lowest BCUT2D eigenvalue weighted by Gasteiger charge is -2.19. The van der Waals surface area contributed by atoms with E-state index < -0.39 is 17.9 Å². The van der Waals surface area contributed by atoms with Crippen molar-refractivity contribution in [2.45, 2.75) is 19.4 Å². The Morgan fingerprint density at radius 3 is 2.52 bits per heavy atom. The third kappa shape index (κ3) is 5.34. The summed E-state index contributed by atoms with van der Waals surface area (Å²) in [6.45, 7) is 1.86. The molecule has 160 valence electrons. The first-order valence-electron chi connectivity index (χ1n) is 9.38. The van der Waals surface area contributed by atoms with Crippen LogP contribution in [-0.2, 0) is 4.79 Å². The molecule has 3 aromatic rings. The fourth-order valence-electron chi connectivity index (χ4n) is 3.24. The van der Waals surface area contributed by atoms with Gasteiger partial charge in [0.2, 0.25) is 0 Å². The van der Waals surface area contributed by atoms with E-state index in [2.05, 4.69) is 10.3 Å². The van der Waals surface area contributed by atoms with Crippen molar-refractivity contribution in [1.82, 2.24) is 10.3 Å². The van der Waals surface area contributed by atoms with Crippen LogP contribution in [0.5, 0.6) is 5.75 Å². The van der Waals surface area contributed by atoms with E-state index in [9.17, 15) is 14.7 Å². The highest BCUT2D eigenvalue weighted by molar-refractivity contribution is 6.36. The summed E-state index contributed by atoms with van der Waals surface area (Å²) in [6.07, 6.45) is -0.261. The third-order valence-corrected chi connectivity index (χ3v) is 5.29. The van der Waals surface area contributed by atoms with Gasteiger partial charge in [0.25, 0.3) is 5.91 Å². The molecule has 0 spiro atoms. The maximum atomic E-state index is 13.0. The van der Waals surface area contributed by atoms with Crippen LogP contribution in [0.1, 0.15) is 34.1 Å². The number of carboxylic acids is 1. The number of nitrogens with zero attached hydrogens (tertiary/aromatic N) is 1. The molecular formula is C23H20Cl2N2O4. The van der Waals surface area contributed by atoms with E-state index in [1.807, 2.05) is 19.1 Å². The average molecular weight is 459 g/mol. The number of aryl methyl sites for hydroxylation is 1. The van der Waals surface area contributed by atoms with Crippen molar-refractivity contribution in [3.63, 3.8) is 0 Å². The maximum Gasteiger partial charge on any atom is 0.305 e. The van der Waals surface area contributed by atoms with Crippen LogP contribution in [0.2, 0.25) is 10.0 Å². The molecule has 1 unspecified atom stereocenters. The van der Waals surface area contributed by atoms with Gasteiger partial charge in [0.15, 0.2) is 0 Å². The molecule has 0 aliphatic carbocycles. The van der Waals surface area contributed by atoms with E-state index in [0.717, 1.165) is 11.1 Å². The fourth-order valence-corrected chi connectivity index (χ4v) is 3.73. The summed E-state index contributed by atoms with van der Waals surface area (Å²) in [5.74, 6) is -1.10. The van der Waals surface area contributed by atoms with E-state index in [1.165, 1.54) is 13.2 Å². The van der Waals surface area contributed by atoms with Crippen LogP contribution in [0, 0.1) is 6.92 Å². The Balaban J connectivity index is 1.97. The number of carbonyl (C=O) groups is 2. The lowest BCUT2D eigenvalue weighted by Crippen LogP contribution is -2.31. The van der Waals surface area contributed by atoms with Gasteiger partial charge in [-0.25, -0.2) is 4.98 Å². The Bertz CT molecular complexity index is 1130. The number of ether oxygens (including phenoxy) is 1. The first-order valence-corrected chi connectivity index (χ1v) is 10.1. The van der Waals surface area contributed by atoms with Gasteiger partial charge in [-0.15, -0.1) is 0 Å². The Labute approximate surface area is 189 Å². The summed E-state index contributed by atoms with van der Waals surface area (Å²) >= 11 is 12.3. The Morgan fingerprint density at radius 1 is 1.13 bits per heavy atom. The molecule has 0 aliphatic rings. The van der Waals surface area contributed by atoms with Crippen LogP contribution in [0.4, 0.5) is 0 Å². The molecule has 31 heavy (non-hydrogen) atoms. The predicted molar refractivity (Wildman–Crippen MR) is 120 cm³/mol. The van der Waals surface area contributed by atoms with E-state index in [0.29, 0.717) is 27.1 Å². The Morgan fingerprint density at radius 2 is 1.87 bits per heavy atom. The zero-order valence-electron chi connectivity index (χ0n) is 16.9. The van der Waals surface area contributed by atoms with Gasteiger partial charge in [0, 0.05) is 10.6 Å². The van der Waals surface area contributed by atoms with Gasteiger partial charge in [-0.05, 0) is 48.4 Å². The second-order valence-electron chi connectivity index (χ2n) is 6.85. The number of rotatable bonds is 7. The molecule has 0 bridgehead atoms. The van der Waals surface area contributed by atoms with Crippen molar-refractivity contribution in [1.29, 1.82) is 0 Å². The molecule has 1 amide bonds. The number of amides is 1. The minimum absolute atomic E-state index is 0.103. The number of halogens is 2. The molecule has 0 saturated heterocycles. The number of carboxylic acid groups (broad SMARTS) is 1. The lowest BCUT2D eigenvalue weighted by molar-refractivity contribution is -0.137. The largest absolute Gasteiger partial charge is 0.494 e. The van der Waals surface area contributed by atoms with Gasteiger partial charge in [-0.3, -0.25) is 9.59 Å². The van der Waals surface area contributed by atoms with Crippen molar-refractivity contribution >= 4 is 35.1 Å². The second-order valence-corrected chi connectivity index (χ2v) is 7.70. The molecule has 1 heterocycles. The molecule has 8 heteroatoms. The van der Waals surface area contributed by atoms with Crippen molar-refractivity contribution in [2.75, 3.05) is 7.11 Å². The molecular weight excluding hydrogens is 439 g/mol. The molecule has 2 N–H and O–H groups in total. The van der Waals surface area contributed by atoms with Crippen LogP contribution < -0.4 is 10.1 Å². The Kier molecular flexibility index (Phi) is 7.15. The average Bonchev–Trinajstić information content (AvgIpc) is 2.73. The predicted octanol–water partition coefficient (Wildman–Crippen LogP) is 5.32. The molecule has 0 fully saturated rings. The molecule has 3 rings (SSSR count). The van der Waals surface area contributed by atoms with Gasteiger partial charge in [-0.2, -0.15) is 0 Å². The van der Waals surface area contributed by atoms with Gasteiger partial charge in [0.05, 0.1) is 24.6 Å². The van der Waals surface area contributed by atoms with Gasteiger partial charge < -0.3 is 15.2 Å². The van der Waals surface area contributed by atoms with Crippen LogP contribution in [0.15, 0.2) is 54.6 Å². The highest BCUT2D eigenvalue weighted by Crippen LogP contribution is 2.35. The SMILES string of the molecule is COc1ccc(C(=O)NC(CC(=O)O)c2ccccc2C)nc1-c1ccc(Cl)cc1Cl. The third-order valence-electron chi connectivity index (χ3n) is 4.74. The number of aliphatic carboxylic acids is 1. The minimum Gasteiger partial charge on any atom is -0.494 e. The number of pyridine rings is 1. The van der Waals surface area contributed by atoms with E-state index in [-0.39, 0.29) is 12.1 Å². The summed E-state index contributed by atoms with van der Waals surface area (Å²) < 4.78 is 5.37. The van der Waals surface area contributed by atoms with Crippen LogP contribution >= 0.6 is 23.2 Å². The lowest BCUT2D eigenvalue weighted by atomic mass is 9.98. The topological polar surface area (TPSA) is 88.5 Å². The number of carbonyl (C=O) groups excluding carboxylic acids is 1. The number of benzene rings is 2. The van der Waals surface area contributed by atoms with Gasteiger partial charge >= 0.3 is 5.97 Å². The summed E-state index contributed by atoms with van der Waals surface area (Å²) in [4.78, 5) is 28.8. The number of hydrogen-bond acceptors (Lipinski definition) is 4. The highest BCUT2D eigenvalue weighted by Gasteiger charge is 2.22. The van der Waals surface area contributed by atoms with Gasteiger partial charge in [0.1, 0.15) is 17.1 Å². The maximum absolute atomic E-state index is 13.0. The summed E-state index contributed by atoms with van der Waals surface area (Å²) in [5.41, 5.74) is 2.64. The summed E-state index contributed by atoms with van der Waals surface area (Å²) in [5, 5.41) is 12.9. The number of methoxy groups -OCH3 is 1. The van der Waals surface area contributed by atoms with Gasteiger partial charge in [-0.1, -0.05) is 47.5 Å². The fraction of sp³-hybridized carbons (Fsp3) is 0.174.